The summed E-state index contributed by atoms with van der Waals surface area (Å²) in [5, 5.41) is 16.5. The van der Waals surface area contributed by atoms with Crippen LogP contribution in [0.1, 0.15) is 35.1 Å². The van der Waals surface area contributed by atoms with Crippen molar-refractivity contribution in [1.29, 1.82) is 0 Å². The van der Waals surface area contributed by atoms with Crippen LogP contribution < -0.4 is 10.6 Å². The number of hydrogen-bond donors (Lipinski definition) is 3. The van der Waals surface area contributed by atoms with Gasteiger partial charge in [-0.15, -0.1) is 0 Å². The smallest absolute Gasteiger partial charge is 0.191 e. The van der Waals surface area contributed by atoms with Crippen molar-refractivity contribution in [2.24, 2.45) is 4.99 Å². The minimum absolute atomic E-state index is 0.0127. The van der Waals surface area contributed by atoms with Gasteiger partial charge in [0.25, 0.3) is 0 Å². The summed E-state index contributed by atoms with van der Waals surface area (Å²) in [6.07, 6.45) is 0. The fraction of sp³-hybridized carbons (Fsp3) is 0.296. The van der Waals surface area contributed by atoms with Crippen LogP contribution in [0.4, 0.5) is 0 Å². The molecule has 3 N–H and O–H groups in total. The number of rotatable bonds is 11. The first-order chi connectivity index (χ1) is 15.8. The second kappa shape index (κ2) is 13.3. The summed E-state index contributed by atoms with van der Waals surface area (Å²) in [4.78, 5) is 4.77. The molecular formula is C27H33N3O2. The van der Waals surface area contributed by atoms with E-state index in [1.807, 2.05) is 67.6 Å². The van der Waals surface area contributed by atoms with E-state index in [1.165, 1.54) is 5.56 Å². The molecular weight excluding hydrogens is 398 g/mol. The van der Waals surface area contributed by atoms with Crippen molar-refractivity contribution in [2.75, 3.05) is 19.7 Å². The molecule has 0 aliphatic rings. The second-order valence-electron chi connectivity index (χ2n) is 7.61. The molecule has 0 amide bonds. The van der Waals surface area contributed by atoms with Gasteiger partial charge in [0.2, 0.25) is 0 Å². The molecule has 0 saturated heterocycles. The summed E-state index contributed by atoms with van der Waals surface area (Å²) < 4.78 is 5.94. The zero-order valence-corrected chi connectivity index (χ0v) is 18.7. The SMILES string of the molecule is CCNC(=NCc1ccccc1COCc1ccccc1)NCC(CO)c1ccccc1. The molecule has 5 heteroatoms. The standard InChI is InChI=1S/C27H33N3O2/c1-2-28-27(30-18-26(19-31)23-13-7-4-8-14-23)29-17-24-15-9-10-16-25(24)21-32-20-22-11-5-3-6-12-22/h3-16,26,31H,2,17-21H2,1H3,(H2,28,29,30). The Hall–Kier alpha value is -3.15. The fourth-order valence-corrected chi connectivity index (χ4v) is 3.44. The van der Waals surface area contributed by atoms with Crippen molar-refractivity contribution < 1.29 is 9.84 Å². The Bertz CT molecular complexity index is 945. The summed E-state index contributed by atoms with van der Waals surface area (Å²) in [5.41, 5.74) is 4.55. The zero-order chi connectivity index (χ0) is 22.4. The van der Waals surface area contributed by atoms with Gasteiger partial charge in [-0.3, -0.25) is 0 Å². The molecule has 0 aliphatic heterocycles. The van der Waals surface area contributed by atoms with Gasteiger partial charge in [0.05, 0.1) is 26.4 Å². The third-order valence-electron chi connectivity index (χ3n) is 5.25. The van der Waals surface area contributed by atoms with Gasteiger partial charge in [-0.2, -0.15) is 0 Å². The van der Waals surface area contributed by atoms with E-state index < -0.39 is 0 Å². The summed E-state index contributed by atoms with van der Waals surface area (Å²) in [6, 6.07) is 28.5. The molecule has 0 aliphatic carbocycles. The molecule has 0 bridgehead atoms. The molecule has 0 heterocycles. The van der Waals surface area contributed by atoms with Gasteiger partial charge in [-0.1, -0.05) is 84.9 Å². The van der Waals surface area contributed by atoms with Gasteiger partial charge in [-0.05, 0) is 29.2 Å². The third-order valence-corrected chi connectivity index (χ3v) is 5.25. The highest BCUT2D eigenvalue weighted by atomic mass is 16.5. The molecule has 0 spiro atoms. The Balaban J connectivity index is 1.59. The van der Waals surface area contributed by atoms with E-state index in [0.717, 1.165) is 29.2 Å². The van der Waals surface area contributed by atoms with Gasteiger partial charge in [-0.25, -0.2) is 4.99 Å². The summed E-state index contributed by atoms with van der Waals surface area (Å²) in [7, 11) is 0. The largest absolute Gasteiger partial charge is 0.396 e. The first-order valence-electron chi connectivity index (χ1n) is 11.2. The van der Waals surface area contributed by atoms with Crippen molar-refractivity contribution in [3.63, 3.8) is 0 Å². The Morgan fingerprint density at radius 3 is 2.19 bits per heavy atom. The molecule has 168 valence electrons. The van der Waals surface area contributed by atoms with Crippen molar-refractivity contribution in [3.05, 3.63) is 107 Å². The lowest BCUT2D eigenvalue weighted by molar-refractivity contribution is 0.106. The van der Waals surface area contributed by atoms with E-state index in [1.54, 1.807) is 0 Å². The number of aliphatic hydroxyl groups is 1. The van der Waals surface area contributed by atoms with E-state index in [4.69, 9.17) is 9.73 Å². The number of aliphatic imine (C=N–C) groups is 1. The number of benzene rings is 3. The van der Waals surface area contributed by atoms with Crippen molar-refractivity contribution in [3.8, 4) is 0 Å². The van der Waals surface area contributed by atoms with Gasteiger partial charge >= 0.3 is 0 Å². The fourth-order valence-electron chi connectivity index (χ4n) is 3.44. The molecule has 0 aromatic heterocycles. The highest BCUT2D eigenvalue weighted by molar-refractivity contribution is 5.79. The normalized spacial score (nSPS) is 12.4. The van der Waals surface area contributed by atoms with Crippen LogP contribution in [-0.2, 0) is 24.5 Å². The average molecular weight is 432 g/mol. The van der Waals surface area contributed by atoms with Crippen LogP contribution in [0.5, 0.6) is 0 Å². The van der Waals surface area contributed by atoms with E-state index in [0.29, 0.717) is 26.3 Å². The molecule has 3 aromatic carbocycles. The number of ether oxygens (including phenoxy) is 1. The van der Waals surface area contributed by atoms with Gasteiger partial charge in [0, 0.05) is 19.0 Å². The van der Waals surface area contributed by atoms with Gasteiger partial charge < -0.3 is 20.5 Å². The minimum Gasteiger partial charge on any atom is -0.396 e. The van der Waals surface area contributed by atoms with Crippen molar-refractivity contribution in [2.45, 2.75) is 32.6 Å². The third kappa shape index (κ3) is 7.52. The van der Waals surface area contributed by atoms with E-state index in [-0.39, 0.29) is 12.5 Å². The van der Waals surface area contributed by atoms with Crippen molar-refractivity contribution in [1.82, 2.24) is 10.6 Å². The molecule has 1 unspecified atom stereocenters. The Morgan fingerprint density at radius 2 is 1.50 bits per heavy atom. The monoisotopic (exact) mass is 431 g/mol. The first-order valence-corrected chi connectivity index (χ1v) is 11.2. The van der Waals surface area contributed by atoms with Crippen LogP contribution in [0.3, 0.4) is 0 Å². The number of hydrogen-bond acceptors (Lipinski definition) is 3. The lowest BCUT2D eigenvalue weighted by Crippen LogP contribution is -2.40. The summed E-state index contributed by atoms with van der Waals surface area (Å²) >= 11 is 0. The number of nitrogens with one attached hydrogen (secondary N) is 2. The van der Waals surface area contributed by atoms with Crippen LogP contribution in [0, 0.1) is 0 Å². The molecule has 32 heavy (non-hydrogen) atoms. The molecule has 3 rings (SSSR count). The average Bonchev–Trinajstić information content (AvgIpc) is 2.85. The van der Waals surface area contributed by atoms with Gasteiger partial charge in [0.1, 0.15) is 0 Å². The summed E-state index contributed by atoms with van der Waals surface area (Å²) in [6.45, 7) is 5.18. The summed E-state index contributed by atoms with van der Waals surface area (Å²) in [5.74, 6) is 0.751. The van der Waals surface area contributed by atoms with Gasteiger partial charge in [0.15, 0.2) is 5.96 Å². The first kappa shape index (κ1) is 23.5. The Kier molecular flexibility index (Phi) is 9.77. The van der Waals surface area contributed by atoms with Crippen molar-refractivity contribution >= 4 is 5.96 Å². The maximum atomic E-state index is 9.82. The van der Waals surface area contributed by atoms with Crippen LogP contribution in [0.2, 0.25) is 0 Å². The molecule has 0 saturated carbocycles. The molecule has 1 atom stereocenters. The maximum Gasteiger partial charge on any atom is 0.191 e. The number of aliphatic hydroxyl groups excluding tert-OH is 1. The Labute approximate surface area is 191 Å². The molecule has 3 aromatic rings. The zero-order valence-electron chi connectivity index (χ0n) is 18.7. The number of guanidine groups is 1. The highest BCUT2D eigenvalue weighted by Gasteiger charge is 2.11. The lowest BCUT2D eigenvalue weighted by Gasteiger charge is -2.18. The van der Waals surface area contributed by atoms with E-state index in [9.17, 15) is 5.11 Å². The van der Waals surface area contributed by atoms with Crippen LogP contribution in [-0.4, -0.2) is 30.8 Å². The molecule has 0 fully saturated rings. The van der Waals surface area contributed by atoms with E-state index in [2.05, 4.69) is 34.9 Å². The predicted octanol–water partition coefficient (Wildman–Crippen LogP) is 4.23. The van der Waals surface area contributed by atoms with Crippen LogP contribution >= 0.6 is 0 Å². The topological polar surface area (TPSA) is 65.9 Å². The molecule has 5 nitrogen and oxygen atoms in total. The maximum absolute atomic E-state index is 9.82. The predicted molar refractivity (Wildman–Crippen MR) is 130 cm³/mol. The lowest BCUT2D eigenvalue weighted by atomic mass is 10.0. The second-order valence-corrected chi connectivity index (χ2v) is 7.61. The number of nitrogens with zero attached hydrogens (tertiary/aromatic N) is 1. The minimum atomic E-state index is 0.0127. The highest BCUT2D eigenvalue weighted by Crippen LogP contribution is 2.15. The Morgan fingerprint density at radius 1 is 0.844 bits per heavy atom. The van der Waals surface area contributed by atoms with Crippen LogP contribution in [0.15, 0.2) is 89.9 Å². The molecule has 0 radical (unpaired) electrons. The van der Waals surface area contributed by atoms with Crippen LogP contribution in [0.25, 0.3) is 0 Å². The quantitative estimate of drug-likeness (QED) is 0.314. The van der Waals surface area contributed by atoms with E-state index >= 15 is 0 Å².